The highest BCUT2D eigenvalue weighted by molar-refractivity contribution is 5.74. The third-order valence-corrected chi connectivity index (χ3v) is 3.43. The summed E-state index contributed by atoms with van der Waals surface area (Å²) in [6.07, 6.45) is 5.02. The second kappa shape index (κ2) is 7.51. The van der Waals surface area contributed by atoms with Crippen molar-refractivity contribution in [3.05, 3.63) is 48.5 Å². The number of carbonyl (C=O) groups excluding carboxylic acids is 1. The van der Waals surface area contributed by atoms with E-state index in [1.54, 1.807) is 19.4 Å². The van der Waals surface area contributed by atoms with E-state index >= 15 is 0 Å². The number of amides is 2. The Morgan fingerprint density at radius 3 is 2.45 bits per heavy atom. The van der Waals surface area contributed by atoms with Crippen LogP contribution in [0.2, 0.25) is 0 Å². The molecule has 6 nitrogen and oxygen atoms in total. The molecule has 1 unspecified atom stereocenters. The van der Waals surface area contributed by atoms with E-state index in [4.69, 9.17) is 5.11 Å². The van der Waals surface area contributed by atoms with Gasteiger partial charge in [-0.1, -0.05) is 24.3 Å². The molecule has 1 heterocycles. The van der Waals surface area contributed by atoms with Crippen molar-refractivity contribution in [2.24, 2.45) is 0 Å². The Kier molecular flexibility index (Phi) is 5.43. The van der Waals surface area contributed by atoms with Crippen LogP contribution in [0.5, 0.6) is 0 Å². The lowest BCUT2D eigenvalue weighted by Crippen LogP contribution is -2.39. The molecule has 22 heavy (non-hydrogen) atoms. The van der Waals surface area contributed by atoms with Crippen molar-refractivity contribution < 1.29 is 9.90 Å². The summed E-state index contributed by atoms with van der Waals surface area (Å²) >= 11 is 0. The molecule has 2 rings (SSSR count). The van der Waals surface area contributed by atoms with Crippen molar-refractivity contribution >= 4 is 6.03 Å². The molecule has 0 spiro atoms. The normalized spacial score (nSPS) is 11.8. The molecule has 0 bridgehead atoms. The zero-order valence-electron chi connectivity index (χ0n) is 12.7. The molecule has 1 aromatic carbocycles. The summed E-state index contributed by atoms with van der Waals surface area (Å²) in [6, 6.07) is 7.58. The largest absolute Gasteiger partial charge is 0.395 e. The van der Waals surface area contributed by atoms with E-state index in [1.165, 1.54) is 11.2 Å². The summed E-state index contributed by atoms with van der Waals surface area (Å²) in [6.45, 7) is 2.18. The number of likely N-dealkylation sites (N-methyl/N-ethyl adjacent to an activating group) is 1. The van der Waals surface area contributed by atoms with Gasteiger partial charge in [-0.15, -0.1) is 0 Å². The lowest BCUT2D eigenvalue weighted by molar-refractivity contribution is 0.188. The summed E-state index contributed by atoms with van der Waals surface area (Å²) in [4.78, 5) is 21.3. The highest BCUT2D eigenvalue weighted by Crippen LogP contribution is 2.20. The van der Waals surface area contributed by atoms with Crippen molar-refractivity contribution in [3.63, 3.8) is 0 Å². The summed E-state index contributed by atoms with van der Waals surface area (Å²) in [5.41, 5.74) is 2.99. The van der Waals surface area contributed by atoms with E-state index in [0.29, 0.717) is 6.54 Å². The first kappa shape index (κ1) is 15.9. The molecular formula is C16H20N4O2. The second-order valence-corrected chi connectivity index (χ2v) is 5.07. The molecule has 116 valence electrons. The van der Waals surface area contributed by atoms with Crippen LogP contribution in [-0.4, -0.2) is 46.2 Å². The summed E-state index contributed by atoms with van der Waals surface area (Å²) in [5.74, 6) is 0. The van der Waals surface area contributed by atoms with Crippen LogP contribution >= 0.6 is 0 Å². The smallest absolute Gasteiger partial charge is 0.317 e. The summed E-state index contributed by atoms with van der Waals surface area (Å²) in [7, 11) is 1.65. The first-order chi connectivity index (χ1) is 10.6. The number of aliphatic hydroxyl groups is 1. The number of aliphatic hydroxyl groups excluding tert-OH is 1. The molecular weight excluding hydrogens is 280 g/mol. The van der Waals surface area contributed by atoms with E-state index in [0.717, 1.165) is 16.7 Å². The second-order valence-electron chi connectivity index (χ2n) is 5.07. The molecule has 2 aromatic rings. The van der Waals surface area contributed by atoms with Gasteiger partial charge in [0.25, 0.3) is 0 Å². The average Bonchev–Trinajstić information content (AvgIpc) is 2.56. The fourth-order valence-electron chi connectivity index (χ4n) is 2.04. The number of urea groups is 1. The number of hydrogen-bond donors (Lipinski definition) is 2. The van der Waals surface area contributed by atoms with Crippen LogP contribution in [0.4, 0.5) is 4.79 Å². The fraction of sp³-hybridized carbons (Fsp3) is 0.312. The van der Waals surface area contributed by atoms with E-state index in [1.807, 2.05) is 31.2 Å². The molecule has 0 saturated heterocycles. The number of benzene rings is 1. The summed E-state index contributed by atoms with van der Waals surface area (Å²) in [5, 5.41) is 11.7. The van der Waals surface area contributed by atoms with Crippen LogP contribution in [0.1, 0.15) is 18.5 Å². The Bertz CT molecular complexity index is 601. The first-order valence-corrected chi connectivity index (χ1v) is 7.09. The van der Waals surface area contributed by atoms with Gasteiger partial charge >= 0.3 is 6.03 Å². The first-order valence-electron chi connectivity index (χ1n) is 7.09. The van der Waals surface area contributed by atoms with Crippen LogP contribution in [0, 0.1) is 0 Å². The van der Waals surface area contributed by atoms with E-state index in [-0.39, 0.29) is 18.7 Å². The predicted molar refractivity (Wildman–Crippen MR) is 84.1 cm³/mol. The van der Waals surface area contributed by atoms with Gasteiger partial charge in [0.2, 0.25) is 0 Å². The lowest BCUT2D eigenvalue weighted by atomic mass is 10.0. The molecule has 2 N–H and O–H groups in total. The number of hydrogen-bond acceptors (Lipinski definition) is 4. The molecule has 0 aliphatic heterocycles. The van der Waals surface area contributed by atoms with Crippen molar-refractivity contribution in [2.75, 3.05) is 20.2 Å². The number of nitrogens with zero attached hydrogens (tertiary/aromatic N) is 3. The minimum absolute atomic E-state index is 0.0495. The van der Waals surface area contributed by atoms with E-state index in [2.05, 4.69) is 15.3 Å². The molecule has 0 radical (unpaired) electrons. The maximum Gasteiger partial charge on any atom is 0.317 e. The Hall–Kier alpha value is -2.47. The standard InChI is InChI=1S/C16H20N4O2/c1-12(19-16(22)20(2)7-8-21)13-3-5-14(6-4-13)15-9-17-11-18-10-15/h3-6,9-12,21H,7-8H2,1-2H3,(H,19,22). The molecule has 2 amide bonds. The van der Waals surface area contributed by atoms with Crippen LogP contribution in [-0.2, 0) is 0 Å². The van der Waals surface area contributed by atoms with Gasteiger partial charge in [0.15, 0.2) is 0 Å². The Morgan fingerprint density at radius 1 is 1.23 bits per heavy atom. The molecule has 0 aliphatic carbocycles. The van der Waals surface area contributed by atoms with Crippen molar-refractivity contribution in [2.45, 2.75) is 13.0 Å². The monoisotopic (exact) mass is 300 g/mol. The maximum atomic E-state index is 11.9. The molecule has 1 atom stereocenters. The highest BCUT2D eigenvalue weighted by atomic mass is 16.3. The summed E-state index contributed by atoms with van der Waals surface area (Å²) < 4.78 is 0. The van der Waals surface area contributed by atoms with Gasteiger partial charge in [-0.3, -0.25) is 0 Å². The van der Waals surface area contributed by atoms with Crippen LogP contribution in [0.15, 0.2) is 43.0 Å². The van der Waals surface area contributed by atoms with E-state index < -0.39 is 0 Å². The van der Waals surface area contributed by atoms with Gasteiger partial charge in [-0.25, -0.2) is 14.8 Å². The van der Waals surface area contributed by atoms with Crippen LogP contribution in [0.25, 0.3) is 11.1 Å². The predicted octanol–water partition coefficient (Wildman–Crippen LogP) is 1.84. The average molecular weight is 300 g/mol. The molecule has 1 aromatic heterocycles. The zero-order valence-corrected chi connectivity index (χ0v) is 12.7. The fourth-order valence-corrected chi connectivity index (χ4v) is 2.04. The Balaban J connectivity index is 2.02. The zero-order chi connectivity index (χ0) is 15.9. The minimum atomic E-state index is -0.206. The van der Waals surface area contributed by atoms with Crippen LogP contribution < -0.4 is 5.32 Å². The Labute approximate surface area is 129 Å². The van der Waals surface area contributed by atoms with Gasteiger partial charge in [-0.2, -0.15) is 0 Å². The quantitative estimate of drug-likeness (QED) is 0.883. The SMILES string of the molecule is CC(NC(=O)N(C)CCO)c1ccc(-c2cncnc2)cc1. The maximum absolute atomic E-state index is 11.9. The minimum Gasteiger partial charge on any atom is -0.395 e. The van der Waals surface area contributed by atoms with Crippen LogP contribution in [0.3, 0.4) is 0 Å². The van der Waals surface area contributed by atoms with Crippen molar-refractivity contribution in [1.29, 1.82) is 0 Å². The Morgan fingerprint density at radius 2 is 1.86 bits per heavy atom. The highest BCUT2D eigenvalue weighted by Gasteiger charge is 2.12. The van der Waals surface area contributed by atoms with Gasteiger partial charge in [0, 0.05) is 31.5 Å². The van der Waals surface area contributed by atoms with Gasteiger partial charge in [0.1, 0.15) is 6.33 Å². The van der Waals surface area contributed by atoms with Gasteiger partial charge in [-0.05, 0) is 18.1 Å². The third-order valence-electron chi connectivity index (χ3n) is 3.43. The van der Waals surface area contributed by atoms with Crippen molar-refractivity contribution in [1.82, 2.24) is 20.2 Å². The number of nitrogens with one attached hydrogen (secondary N) is 1. The molecule has 6 heteroatoms. The number of rotatable bonds is 5. The number of carbonyl (C=O) groups is 1. The third kappa shape index (κ3) is 4.02. The van der Waals surface area contributed by atoms with Crippen molar-refractivity contribution in [3.8, 4) is 11.1 Å². The van der Waals surface area contributed by atoms with Gasteiger partial charge in [0.05, 0.1) is 12.6 Å². The lowest BCUT2D eigenvalue weighted by Gasteiger charge is -2.21. The van der Waals surface area contributed by atoms with Gasteiger partial charge < -0.3 is 15.3 Å². The molecule has 0 saturated carbocycles. The molecule has 0 fully saturated rings. The molecule has 0 aliphatic rings. The van der Waals surface area contributed by atoms with E-state index in [9.17, 15) is 4.79 Å². The topological polar surface area (TPSA) is 78.4 Å². The number of aromatic nitrogens is 2.